The van der Waals surface area contributed by atoms with Crippen molar-refractivity contribution in [2.45, 2.75) is 12.8 Å². The lowest BCUT2D eigenvalue weighted by atomic mass is 10.2. The number of quaternary nitrogens is 2. The van der Waals surface area contributed by atoms with E-state index in [4.69, 9.17) is 4.74 Å². The third-order valence-corrected chi connectivity index (χ3v) is 4.35. The fraction of sp³-hybridized carbons (Fsp3) is 0.600. The molecule has 1 aliphatic rings. The van der Waals surface area contributed by atoms with Crippen molar-refractivity contribution in [2.24, 2.45) is 0 Å². The molecular formula is C15H25BrN2O+2. The molecule has 1 aliphatic heterocycles. The van der Waals surface area contributed by atoms with E-state index < -0.39 is 0 Å². The summed E-state index contributed by atoms with van der Waals surface area (Å²) < 4.78 is 6.83. The van der Waals surface area contributed by atoms with Gasteiger partial charge in [0.1, 0.15) is 31.9 Å². The monoisotopic (exact) mass is 328 g/mol. The molecule has 2 N–H and O–H groups in total. The predicted molar refractivity (Wildman–Crippen MR) is 81.1 cm³/mol. The van der Waals surface area contributed by atoms with E-state index in [9.17, 15) is 0 Å². The van der Waals surface area contributed by atoms with E-state index in [0.29, 0.717) is 0 Å². The largest absolute Gasteiger partial charge is 0.494 e. The molecule has 0 spiro atoms. The van der Waals surface area contributed by atoms with Crippen LogP contribution in [0.3, 0.4) is 0 Å². The van der Waals surface area contributed by atoms with Gasteiger partial charge in [-0.25, -0.2) is 0 Å². The van der Waals surface area contributed by atoms with Crippen molar-refractivity contribution in [3.05, 3.63) is 28.7 Å². The summed E-state index contributed by atoms with van der Waals surface area (Å²) in [4.78, 5) is 3.46. The normalized spacial score (nSPS) is 23.3. The first-order valence-corrected chi connectivity index (χ1v) is 8.06. The molecule has 0 radical (unpaired) electrons. The molecule has 106 valence electrons. The quantitative estimate of drug-likeness (QED) is 0.705. The zero-order valence-electron chi connectivity index (χ0n) is 11.8. The molecule has 0 aromatic heterocycles. The molecule has 3 nitrogen and oxygen atoms in total. The molecular weight excluding hydrogens is 304 g/mol. The minimum absolute atomic E-state index is 0.833. The standard InChI is InChI=1S/C15H23BrN2O/c1-17-9-11-18(12-10-17)8-2-3-13-19-15-6-4-14(16)5-7-15/h4-7H,2-3,8-13H2,1H3/p+2. The molecule has 0 aliphatic carbocycles. The number of hydrogen-bond acceptors (Lipinski definition) is 1. The Morgan fingerprint density at radius 3 is 2.42 bits per heavy atom. The van der Waals surface area contributed by atoms with Gasteiger partial charge in [-0.15, -0.1) is 0 Å². The molecule has 0 atom stereocenters. The molecule has 1 heterocycles. The van der Waals surface area contributed by atoms with Crippen LogP contribution in [0.1, 0.15) is 12.8 Å². The van der Waals surface area contributed by atoms with Gasteiger partial charge in [-0.05, 0) is 37.1 Å². The number of ether oxygens (including phenoxy) is 1. The summed E-state index contributed by atoms with van der Waals surface area (Å²) in [5.41, 5.74) is 0. The fourth-order valence-corrected chi connectivity index (χ4v) is 2.74. The number of rotatable bonds is 6. The van der Waals surface area contributed by atoms with Gasteiger partial charge in [0.25, 0.3) is 0 Å². The molecule has 2 rings (SSSR count). The first-order valence-electron chi connectivity index (χ1n) is 7.27. The second-order valence-corrected chi connectivity index (χ2v) is 6.38. The van der Waals surface area contributed by atoms with Crippen LogP contribution in [0.4, 0.5) is 0 Å². The lowest BCUT2D eigenvalue weighted by Crippen LogP contribution is -3.27. The van der Waals surface area contributed by atoms with Crippen LogP contribution in [-0.2, 0) is 0 Å². The Balaban J connectivity index is 1.53. The predicted octanol–water partition coefficient (Wildman–Crippen LogP) is 0.0213. The smallest absolute Gasteiger partial charge is 0.127 e. The maximum atomic E-state index is 5.73. The van der Waals surface area contributed by atoms with Crippen molar-refractivity contribution in [1.82, 2.24) is 0 Å². The van der Waals surface area contributed by atoms with Gasteiger partial charge in [-0.2, -0.15) is 0 Å². The summed E-state index contributed by atoms with van der Waals surface area (Å²) >= 11 is 3.43. The highest BCUT2D eigenvalue weighted by Crippen LogP contribution is 2.16. The minimum Gasteiger partial charge on any atom is -0.494 e. The van der Waals surface area contributed by atoms with Crippen molar-refractivity contribution < 1.29 is 14.5 Å². The summed E-state index contributed by atoms with van der Waals surface area (Å²) in [5.74, 6) is 0.971. The van der Waals surface area contributed by atoms with E-state index in [1.807, 2.05) is 24.3 Å². The number of nitrogens with one attached hydrogen (secondary N) is 2. The maximum absolute atomic E-state index is 5.73. The van der Waals surface area contributed by atoms with Gasteiger partial charge in [0.2, 0.25) is 0 Å². The Morgan fingerprint density at radius 1 is 1.05 bits per heavy atom. The number of halogens is 1. The molecule has 0 amide bonds. The van der Waals surface area contributed by atoms with Gasteiger partial charge >= 0.3 is 0 Å². The number of benzene rings is 1. The molecule has 19 heavy (non-hydrogen) atoms. The Kier molecular flexibility index (Phi) is 6.14. The summed E-state index contributed by atoms with van der Waals surface area (Å²) in [6.07, 6.45) is 2.42. The Labute approximate surface area is 124 Å². The average molecular weight is 329 g/mol. The lowest BCUT2D eigenvalue weighted by molar-refractivity contribution is -1.00. The Bertz CT molecular complexity index is 361. The Hall–Kier alpha value is -0.580. The Morgan fingerprint density at radius 2 is 1.74 bits per heavy atom. The van der Waals surface area contributed by atoms with Crippen LogP contribution in [0.15, 0.2) is 28.7 Å². The van der Waals surface area contributed by atoms with E-state index in [2.05, 4.69) is 23.0 Å². The van der Waals surface area contributed by atoms with Crippen molar-refractivity contribution in [1.29, 1.82) is 0 Å². The van der Waals surface area contributed by atoms with E-state index in [-0.39, 0.29) is 0 Å². The number of unbranched alkanes of at least 4 members (excludes halogenated alkanes) is 1. The van der Waals surface area contributed by atoms with Gasteiger partial charge in [-0.3, -0.25) is 0 Å². The average Bonchev–Trinajstić information content (AvgIpc) is 2.43. The summed E-state index contributed by atoms with van der Waals surface area (Å²) in [6.45, 7) is 7.45. The molecule has 1 fully saturated rings. The van der Waals surface area contributed by atoms with Crippen molar-refractivity contribution in [2.75, 3.05) is 46.4 Å². The van der Waals surface area contributed by atoms with Crippen LogP contribution in [0, 0.1) is 0 Å². The third kappa shape index (κ3) is 5.51. The second-order valence-electron chi connectivity index (χ2n) is 5.47. The third-order valence-electron chi connectivity index (χ3n) is 3.82. The number of likely N-dealkylation sites (N-methyl/N-ethyl adjacent to an activating group) is 1. The van der Waals surface area contributed by atoms with Gasteiger partial charge < -0.3 is 14.5 Å². The highest BCUT2D eigenvalue weighted by Gasteiger charge is 2.18. The topological polar surface area (TPSA) is 18.1 Å². The fourth-order valence-electron chi connectivity index (χ4n) is 2.48. The molecule has 1 aromatic carbocycles. The molecule has 1 aromatic rings. The van der Waals surface area contributed by atoms with Gasteiger partial charge in [0, 0.05) is 4.47 Å². The molecule has 4 heteroatoms. The van der Waals surface area contributed by atoms with Crippen molar-refractivity contribution >= 4 is 15.9 Å². The van der Waals surface area contributed by atoms with Crippen LogP contribution in [0.25, 0.3) is 0 Å². The van der Waals surface area contributed by atoms with Gasteiger partial charge in [-0.1, -0.05) is 15.9 Å². The highest BCUT2D eigenvalue weighted by atomic mass is 79.9. The van der Waals surface area contributed by atoms with Gasteiger partial charge in [0.15, 0.2) is 0 Å². The van der Waals surface area contributed by atoms with Crippen LogP contribution < -0.4 is 14.5 Å². The van der Waals surface area contributed by atoms with Crippen molar-refractivity contribution in [3.63, 3.8) is 0 Å². The van der Waals surface area contributed by atoms with Crippen LogP contribution >= 0.6 is 15.9 Å². The number of piperazine rings is 1. The zero-order valence-corrected chi connectivity index (χ0v) is 13.3. The lowest BCUT2D eigenvalue weighted by Gasteiger charge is -2.27. The maximum Gasteiger partial charge on any atom is 0.127 e. The molecule has 1 saturated heterocycles. The van der Waals surface area contributed by atoms with Crippen LogP contribution in [0.2, 0.25) is 0 Å². The number of hydrogen-bond donors (Lipinski definition) is 2. The molecule has 0 bridgehead atoms. The highest BCUT2D eigenvalue weighted by molar-refractivity contribution is 9.10. The van der Waals surface area contributed by atoms with E-state index >= 15 is 0 Å². The summed E-state index contributed by atoms with van der Waals surface area (Å²) in [5, 5.41) is 0. The molecule has 0 saturated carbocycles. The van der Waals surface area contributed by atoms with Crippen LogP contribution in [-0.4, -0.2) is 46.4 Å². The summed E-state index contributed by atoms with van der Waals surface area (Å²) in [7, 11) is 2.29. The van der Waals surface area contributed by atoms with E-state index in [1.54, 1.807) is 9.80 Å². The van der Waals surface area contributed by atoms with Crippen LogP contribution in [0.5, 0.6) is 5.75 Å². The second kappa shape index (κ2) is 7.88. The SMILES string of the molecule is C[NH+]1CC[NH+](CCCCOc2ccc(Br)cc2)CC1. The molecule has 0 unspecified atom stereocenters. The van der Waals surface area contributed by atoms with Gasteiger partial charge in [0.05, 0.1) is 20.2 Å². The first kappa shape index (κ1) is 14.8. The summed E-state index contributed by atoms with van der Waals surface area (Å²) in [6, 6.07) is 8.06. The van der Waals surface area contributed by atoms with E-state index in [0.717, 1.165) is 23.2 Å². The zero-order chi connectivity index (χ0) is 13.5. The van der Waals surface area contributed by atoms with Crippen molar-refractivity contribution in [3.8, 4) is 5.75 Å². The first-order chi connectivity index (χ1) is 9.24. The van der Waals surface area contributed by atoms with E-state index in [1.165, 1.54) is 39.1 Å². The minimum atomic E-state index is 0.833.